The largest absolute Gasteiger partial charge is 0.393 e. The van der Waals surface area contributed by atoms with Gasteiger partial charge in [-0.15, -0.1) is 0 Å². The molecule has 0 spiro atoms. The number of hydrogen-bond donors (Lipinski definition) is 3. The van der Waals surface area contributed by atoms with Gasteiger partial charge in [0.15, 0.2) is 0 Å². The van der Waals surface area contributed by atoms with Crippen molar-refractivity contribution in [2.24, 2.45) is 0 Å². The molecule has 3 unspecified atom stereocenters. The molecular formula is C19H31N3O2. The lowest BCUT2D eigenvalue weighted by molar-refractivity contribution is 0.173. The van der Waals surface area contributed by atoms with Crippen LogP contribution in [0.25, 0.3) is 0 Å². The molecule has 1 fully saturated rings. The molecule has 5 heteroatoms. The third-order valence-corrected chi connectivity index (χ3v) is 4.81. The van der Waals surface area contributed by atoms with E-state index in [1.807, 2.05) is 30.3 Å². The first-order chi connectivity index (χ1) is 11.6. The van der Waals surface area contributed by atoms with Gasteiger partial charge in [0.05, 0.1) is 6.10 Å². The lowest BCUT2D eigenvalue weighted by Gasteiger charge is -2.23. The monoisotopic (exact) mass is 333 g/mol. The van der Waals surface area contributed by atoms with E-state index in [1.165, 1.54) is 6.42 Å². The summed E-state index contributed by atoms with van der Waals surface area (Å²) in [7, 11) is 0. The summed E-state index contributed by atoms with van der Waals surface area (Å²) >= 11 is 0. The fourth-order valence-electron chi connectivity index (χ4n) is 3.51. The highest BCUT2D eigenvalue weighted by atomic mass is 16.3. The molecule has 0 bridgehead atoms. The summed E-state index contributed by atoms with van der Waals surface area (Å²) in [6.07, 6.45) is 2.61. The molecule has 5 nitrogen and oxygen atoms in total. The quantitative estimate of drug-likeness (QED) is 0.684. The number of hydrogen-bond acceptors (Lipinski definition) is 3. The zero-order valence-electron chi connectivity index (χ0n) is 14.9. The van der Waals surface area contributed by atoms with Crippen molar-refractivity contribution >= 4 is 6.03 Å². The second-order valence-electron chi connectivity index (χ2n) is 6.71. The Kier molecular flexibility index (Phi) is 7.53. The molecule has 2 amide bonds. The van der Waals surface area contributed by atoms with Crippen LogP contribution in [0.15, 0.2) is 30.3 Å². The Labute approximate surface area is 145 Å². The first-order valence-electron chi connectivity index (χ1n) is 9.09. The molecule has 1 aromatic rings. The average molecular weight is 333 g/mol. The van der Waals surface area contributed by atoms with Crippen molar-refractivity contribution < 1.29 is 9.90 Å². The Morgan fingerprint density at radius 3 is 2.75 bits per heavy atom. The van der Waals surface area contributed by atoms with Crippen LogP contribution in [-0.2, 0) is 0 Å². The number of carbonyl (C=O) groups is 1. The molecule has 2 rings (SSSR count). The zero-order valence-corrected chi connectivity index (χ0v) is 14.9. The maximum absolute atomic E-state index is 12.1. The first kappa shape index (κ1) is 18.7. The number of nitrogens with zero attached hydrogens (tertiary/aromatic N) is 1. The minimum absolute atomic E-state index is 0.121. The van der Waals surface area contributed by atoms with Crippen molar-refractivity contribution in [2.45, 2.75) is 51.2 Å². The topological polar surface area (TPSA) is 64.6 Å². The summed E-state index contributed by atoms with van der Waals surface area (Å²) in [5.74, 6) is 0.121. The van der Waals surface area contributed by atoms with Gasteiger partial charge in [0.2, 0.25) is 0 Å². The third kappa shape index (κ3) is 5.80. The average Bonchev–Trinajstić information content (AvgIpc) is 3.04. The van der Waals surface area contributed by atoms with E-state index in [9.17, 15) is 9.90 Å². The van der Waals surface area contributed by atoms with Gasteiger partial charge in [-0.3, -0.25) is 4.90 Å². The molecule has 24 heavy (non-hydrogen) atoms. The van der Waals surface area contributed by atoms with E-state index in [-0.39, 0.29) is 11.9 Å². The van der Waals surface area contributed by atoms with E-state index in [0.29, 0.717) is 25.6 Å². The zero-order chi connectivity index (χ0) is 17.4. The lowest BCUT2D eigenvalue weighted by atomic mass is 9.93. The summed E-state index contributed by atoms with van der Waals surface area (Å²) in [6.45, 7) is 7.36. The van der Waals surface area contributed by atoms with Crippen LogP contribution in [-0.4, -0.2) is 54.4 Å². The second-order valence-corrected chi connectivity index (χ2v) is 6.71. The number of amides is 2. The number of nitrogens with one attached hydrogen (secondary N) is 2. The molecule has 1 aromatic carbocycles. The van der Waals surface area contributed by atoms with Gasteiger partial charge in [-0.25, -0.2) is 4.79 Å². The molecule has 0 radical (unpaired) electrons. The van der Waals surface area contributed by atoms with Gasteiger partial charge in [0, 0.05) is 25.0 Å². The maximum atomic E-state index is 12.1. The van der Waals surface area contributed by atoms with Gasteiger partial charge in [0.1, 0.15) is 0 Å². The van der Waals surface area contributed by atoms with Crippen LogP contribution < -0.4 is 10.6 Å². The number of aliphatic hydroxyl groups is 1. The van der Waals surface area contributed by atoms with Crippen molar-refractivity contribution in [3.05, 3.63) is 35.9 Å². The fourth-order valence-corrected chi connectivity index (χ4v) is 3.51. The van der Waals surface area contributed by atoms with Crippen LogP contribution in [0, 0.1) is 0 Å². The predicted molar refractivity (Wildman–Crippen MR) is 97.2 cm³/mol. The van der Waals surface area contributed by atoms with Crippen LogP contribution in [0.4, 0.5) is 4.79 Å². The number of rotatable bonds is 8. The molecule has 134 valence electrons. The Morgan fingerprint density at radius 2 is 2.08 bits per heavy atom. The van der Waals surface area contributed by atoms with Crippen LogP contribution in [0.1, 0.15) is 44.6 Å². The second kappa shape index (κ2) is 9.64. The third-order valence-electron chi connectivity index (χ3n) is 4.81. The molecule has 1 aliphatic rings. The molecule has 1 saturated heterocycles. The Bertz CT molecular complexity index is 493. The summed E-state index contributed by atoms with van der Waals surface area (Å²) in [5.41, 5.74) is 1.15. The van der Waals surface area contributed by atoms with Crippen molar-refractivity contribution in [3.63, 3.8) is 0 Å². The van der Waals surface area contributed by atoms with Crippen LogP contribution in [0.3, 0.4) is 0 Å². The summed E-state index contributed by atoms with van der Waals surface area (Å²) in [6, 6.07) is 10.4. The number of likely N-dealkylation sites (tertiary alicyclic amines) is 1. The molecular weight excluding hydrogens is 302 g/mol. The van der Waals surface area contributed by atoms with Crippen LogP contribution in [0.5, 0.6) is 0 Å². The van der Waals surface area contributed by atoms with Crippen molar-refractivity contribution in [1.82, 2.24) is 15.5 Å². The first-order valence-corrected chi connectivity index (χ1v) is 9.09. The highest BCUT2D eigenvalue weighted by Gasteiger charge is 2.23. The fraction of sp³-hybridized carbons (Fsp3) is 0.632. The molecule has 1 heterocycles. The van der Waals surface area contributed by atoms with Crippen LogP contribution in [0.2, 0.25) is 0 Å². The molecule has 1 aliphatic heterocycles. The molecule has 3 N–H and O–H groups in total. The SMILES string of the molecule is CCN1CCCC1CNC(=O)NCC(CC(C)O)c1ccccc1. The summed E-state index contributed by atoms with van der Waals surface area (Å²) < 4.78 is 0. The molecule has 3 atom stereocenters. The number of benzene rings is 1. The van der Waals surface area contributed by atoms with Gasteiger partial charge in [0.25, 0.3) is 0 Å². The number of likely N-dealkylation sites (N-methyl/N-ethyl adjacent to an activating group) is 1. The van der Waals surface area contributed by atoms with E-state index in [2.05, 4.69) is 22.5 Å². The minimum atomic E-state index is -0.392. The minimum Gasteiger partial charge on any atom is -0.393 e. The van der Waals surface area contributed by atoms with Gasteiger partial charge in [-0.2, -0.15) is 0 Å². The van der Waals surface area contributed by atoms with E-state index in [4.69, 9.17) is 0 Å². The Balaban J connectivity index is 1.79. The van der Waals surface area contributed by atoms with E-state index >= 15 is 0 Å². The highest BCUT2D eigenvalue weighted by Crippen LogP contribution is 2.20. The van der Waals surface area contributed by atoms with Crippen molar-refractivity contribution in [1.29, 1.82) is 0 Å². The Hall–Kier alpha value is -1.59. The van der Waals surface area contributed by atoms with E-state index < -0.39 is 6.10 Å². The van der Waals surface area contributed by atoms with Gasteiger partial charge in [-0.05, 0) is 44.8 Å². The highest BCUT2D eigenvalue weighted by molar-refractivity contribution is 5.73. The van der Waals surface area contributed by atoms with E-state index in [1.54, 1.807) is 6.92 Å². The lowest BCUT2D eigenvalue weighted by Crippen LogP contribution is -2.44. The van der Waals surface area contributed by atoms with Crippen molar-refractivity contribution in [3.8, 4) is 0 Å². The number of aliphatic hydroxyl groups excluding tert-OH is 1. The maximum Gasteiger partial charge on any atom is 0.314 e. The number of urea groups is 1. The normalized spacial score (nSPS) is 20.5. The molecule has 0 saturated carbocycles. The number of carbonyl (C=O) groups excluding carboxylic acids is 1. The molecule has 0 aromatic heterocycles. The van der Waals surface area contributed by atoms with Gasteiger partial charge < -0.3 is 15.7 Å². The van der Waals surface area contributed by atoms with Crippen LogP contribution >= 0.6 is 0 Å². The smallest absolute Gasteiger partial charge is 0.314 e. The summed E-state index contributed by atoms with van der Waals surface area (Å²) in [5, 5.41) is 15.7. The molecule has 0 aliphatic carbocycles. The Morgan fingerprint density at radius 1 is 1.33 bits per heavy atom. The predicted octanol–water partition coefficient (Wildman–Crippen LogP) is 2.32. The standard InChI is InChI=1S/C19H31N3O2/c1-3-22-11-7-10-18(22)14-21-19(24)20-13-17(12-15(2)23)16-8-5-4-6-9-16/h4-6,8-9,15,17-18,23H,3,7,10-14H2,1-2H3,(H2,20,21,24). The van der Waals surface area contributed by atoms with Gasteiger partial charge >= 0.3 is 6.03 Å². The van der Waals surface area contributed by atoms with E-state index in [0.717, 1.165) is 25.1 Å². The summed E-state index contributed by atoms with van der Waals surface area (Å²) in [4.78, 5) is 14.5. The van der Waals surface area contributed by atoms with Crippen molar-refractivity contribution in [2.75, 3.05) is 26.2 Å². The van der Waals surface area contributed by atoms with Gasteiger partial charge in [-0.1, -0.05) is 37.3 Å².